The summed E-state index contributed by atoms with van der Waals surface area (Å²) in [5.74, 6) is 0. The fraction of sp³-hybridized carbons (Fsp3) is 0.500. The molecule has 2 aliphatic rings. The molecule has 1 aliphatic heterocycles. The summed E-state index contributed by atoms with van der Waals surface area (Å²) in [4.78, 5) is 0. The highest BCUT2D eigenvalue weighted by Gasteiger charge is 2.24. The number of fused-ring (bicyclic) bond motifs is 1. The fourth-order valence-corrected chi connectivity index (χ4v) is 1.88. The molecule has 13 heavy (non-hydrogen) atoms. The summed E-state index contributed by atoms with van der Waals surface area (Å²) in [6, 6.07) is 0. The van der Waals surface area contributed by atoms with Gasteiger partial charge in [-0.3, -0.25) is 0 Å². The molecule has 0 bridgehead atoms. The summed E-state index contributed by atoms with van der Waals surface area (Å²) >= 11 is 0. The first-order valence-corrected chi connectivity index (χ1v) is 5.16. The molecule has 1 atom stereocenters. The van der Waals surface area contributed by atoms with Crippen molar-refractivity contribution in [2.24, 2.45) is 0 Å². The second-order valence-electron chi connectivity index (χ2n) is 3.67. The molecule has 0 radical (unpaired) electrons. The molecule has 0 fully saturated rings. The predicted molar refractivity (Wildman–Crippen MR) is 54.3 cm³/mol. The molecule has 1 unspecified atom stereocenters. The van der Waals surface area contributed by atoms with E-state index in [4.69, 9.17) is 4.74 Å². The lowest BCUT2D eigenvalue weighted by molar-refractivity contribution is 0.183. The molecular formula is C12H16O. The molecule has 0 aromatic rings. The van der Waals surface area contributed by atoms with E-state index >= 15 is 0 Å². The van der Waals surface area contributed by atoms with Crippen molar-refractivity contribution in [2.45, 2.75) is 38.7 Å². The van der Waals surface area contributed by atoms with Gasteiger partial charge in [0.05, 0.1) is 6.26 Å². The molecule has 1 nitrogen and oxygen atoms in total. The molecule has 1 aliphatic carbocycles. The SMILES string of the molecule is CCCCCC1OC=C2C=CC=C21. The van der Waals surface area contributed by atoms with Gasteiger partial charge in [0, 0.05) is 11.1 Å². The second-order valence-corrected chi connectivity index (χ2v) is 3.67. The third kappa shape index (κ3) is 1.69. The Hall–Kier alpha value is -0.980. The van der Waals surface area contributed by atoms with Crippen molar-refractivity contribution in [2.75, 3.05) is 0 Å². The van der Waals surface area contributed by atoms with Gasteiger partial charge >= 0.3 is 0 Å². The van der Waals surface area contributed by atoms with E-state index in [-0.39, 0.29) is 0 Å². The summed E-state index contributed by atoms with van der Waals surface area (Å²) in [6.45, 7) is 2.23. The molecule has 0 amide bonds. The lowest BCUT2D eigenvalue weighted by Gasteiger charge is -2.11. The maximum atomic E-state index is 5.58. The van der Waals surface area contributed by atoms with Gasteiger partial charge in [-0.1, -0.05) is 38.0 Å². The summed E-state index contributed by atoms with van der Waals surface area (Å²) in [7, 11) is 0. The molecule has 0 aromatic heterocycles. The van der Waals surface area contributed by atoms with E-state index in [1.165, 1.54) is 36.8 Å². The van der Waals surface area contributed by atoms with Crippen LogP contribution in [-0.2, 0) is 4.74 Å². The summed E-state index contributed by atoms with van der Waals surface area (Å²) < 4.78 is 5.58. The van der Waals surface area contributed by atoms with Gasteiger partial charge in [-0.05, 0) is 12.8 Å². The van der Waals surface area contributed by atoms with E-state index in [2.05, 4.69) is 25.2 Å². The molecule has 2 rings (SSSR count). The maximum absolute atomic E-state index is 5.58. The summed E-state index contributed by atoms with van der Waals surface area (Å²) in [6.07, 6.45) is 13.7. The standard InChI is InChI=1S/C12H16O/c1-2-3-4-8-12-11-7-5-6-10(11)9-13-12/h5-7,9,12H,2-4,8H2,1H3. The van der Waals surface area contributed by atoms with E-state index < -0.39 is 0 Å². The number of unbranched alkanes of at least 4 members (excludes halogenated alkanes) is 2. The van der Waals surface area contributed by atoms with Crippen molar-refractivity contribution in [3.63, 3.8) is 0 Å². The van der Waals surface area contributed by atoms with Gasteiger partial charge in [-0.25, -0.2) is 0 Å². The number of hydrogen-bond donors (Lipinski definition) is 0. The zero-order chi connectivity index (χ0) is 9.10. The van der Waals surface area contributed by atoms with Gasteiger partial charge in [0.25, 0.3) is 0 Å². The summed E-state index contributed by atoms with van der Waals surface area (Å²) in [5.41, 5.74) is 2.66. The molecule has 0 saturated carbocycles. The first-order chi connectivity index (χ1) is 6.42. The molecule has 0 saturated heterocycles. The van der Waals surface area contributed by atoms with Gasteiger partial charge in [0.15, 0.2) is 0 Å². The van der Waals surface area contributed by atoms with Crippen LogP contribution < -0.4 is 0 Å². The largest absolute Gasteiger partial charge is 0.493 e. The van der Waals surface area contributed by atoms with Crippen LogP contribution >= 0.6 is 0 Å². The topological polar surface area (TPSA) is 9.23 Å². The van der Waals surface area contributed by atoms with E-state index in [9.17, 15) is 0 Å². The van der Waals surface area contributed by atoms with Crippen molar-refractivity contribution < 1.29 is 4.74 Å². The zero-order valence-electron chi connectivity index (χ0n) is 8.12. The fourth-order valence-electron chi connectivity index (χ4n) is 1.88. The van der Waals surface area contributed by atoms with Crippen LogP contribution in [0, 0.1) is 0 Å². The van der Waals surface area contributed by atoms with E-state index in [1.807, 2.05) is 6.26 Å². The minimum absolute atomic E-state index is 0.344. The Balaban J connectivity index is 1.85. The summed E-state index contributed by atoms with van der Waals surface area (Å²) in [5, 5.41) is 0. The van der Waals surface area contributed by atoms with Gasteiger partial charge in [0.1, 0.15) is 6.10 Å². The zero-order valence-corrected chi connectivity index (χ0v) is 8.12. The van der Waals surface area contributed by atoms with Gasteiger partial charge < -0.3 is 4.74 Å². The average molecular weight is 176 g/mol. The molecule has 0 spiro atoms. The van der Waals surface area contributed by atoms with Crippen LogP contribution in [-0.4, -0.2) is 6.10 Å². The van der Waals surface area contributed by atoms with Crippen LogP contribution in [0.15, 0.2) is 35.6 Å². The minimum Gasteiger partial charge on any atom is -0.493 e. The Morgan fingerprint density at radius 2 is 2.31 bits per heavy atom. The van der Waals surface area contributed by atoms with Crippen LogP contribution in [0.5, 0.6) is 0 Å². The lowest BCUT2D eigenvalue weighted by Crippen LogP contribution is -2.07. The van der Waals surface area contributed by atoms with Crippen LogP contribution in [0.1, 0.15) is 32.6 Å². The van der Waals surface area contributed by atoms with E-state index in [0.717, 1.165) is 0 Å². The maximum Gasteiger partial charge on any atom is 0.124 e. The highest BCUT2D eigenvalue weighted by Crippen LogP contribution is 2.32. The smallest absolute Gasteiger partial charge is 0.124 e. The Morgan fingerprint density at radius 3 is 3.15 bits per heavy atom. The van der Waals surface area contributed by atoms with Crippen molar-refractivity contribution in [1.29, 1.82) is 0 Å². The number of hydrogen-bond acceptors (Lipinski definition) is 1. The monoisotopic (exact) mass is 176 g/mol. The molecule has 0 N–H and O–H groups in total. The Kier molecular flexibility index (Phi) is 2.53. The Bertz CT molecular complexity index is 271. The normalized spacial score (nSPS) is 23.9. The average Bonchev–Trinajstić information content (AvgIpc) is 2.68. The number of rotatable bonds is 4. The van der Waals surface area contributed by atoms with E-state index in [1.54, 1.807) is 0 Å². The van der Waals surface area contributed by atoms with E-state index in [0.29, 0.717) is 6.10 Å². The highest BCUT2D eigenvalue weighted by molar-refractivity contribution is 5.51. The van der Waals surface area contributed by atoms with Crippen molar-refractivity contribution in [3.8, 4) is 0 Å². The predicted octanol–water partition coefficient (Wildman–Crippen LogP) is 3.35. The number of allylic oxidation sites excluding steroid dienone is 3. The van der Waals surface area contributed by atoms with Gasteiger partial charge in [-0.15, -0.1) is 0 Å². The third-order valence-electron chi connectivity index (χ3n) is 2.66. The van der Waals surface area contributed by atoms with Crippen molar-refractivity contribution >= 4 is 0 Å². The van der Waals surface area contributed by atoms with Crippen LogP contribution in [0.3, 0.4) is 0 Å². The van der Waals surface area contributed by atoms with Crippen molar-refractivity contribution in [1.82, 2.24) is 0 Å². The second kappa shape index (κ2) is 3.82. The van der Waals surface area contributed by atoms with Crippen LogP contribution in [0.25, 0.3) is 0 Å². The highest BCUT2D eigenvalue weighted by atomic mass is 16.5. The molecular weight excluding hydrogens is 160 g/mol. The van der Waals surface area contributed by atoms with Crippen molar-refractivity contribution in [3.05, 3.63) is 35.6 Å². The minimum atomic E-state index is 0.344. The Labute approximate surface area is 79.8 Å². The Morgan fingerprint density at radius 1 is 1.38 bits per heavy atom. The first kappa shape index (κ1) is 8.61. The van der Waals surface area contributed by atoms with Gasteiger partial charge in [-0.2, -0.15) is 0 Å². The van der Waals surface area contributed by atoms with Gasteiger partial charge in [0.2, 0.25) is 0 Å². The molecule has 70 valence electrons. The lowest BCUT2D eigenvalue weighted by atomic mass is 10.0. The number of ether oxygens (including phenoxy) is 1. The third-order valence-corrected chi connectivity index (χ3v) is 2.66. The quantitative estimate of drug-likeness (QED) is 0.597. The molecule has 0 aromatic carbocycles. The molecule has 1 heteroatoms. The van der Waals surface area contributed by atoms with Crippen LogP contribution in [0.4, 0.5) is 0 Å². The molecule has 1 heterocycles. The first-order valence-electron chi connectivity index (χ1n) is 5.16. The van der Waals surface area contributed by atoms with Crippen LogP contribution in [0.2, 0.25) is 0 Å².